The lowest BCUT2D eigenvalue weighted by molar-refractivity contribution is 0.0950. The summed E-state index contributed by atoms with van der Waals surface area (Å²) in [6.07, 6.45) is 5.83. The molecule has 1 amide bonds. The van der Waals surface area contributed by atoms with Crippen molar-refractivity contribution in [1.29, 1.82) is 0 Å². The van der Waals surface area contributed by atoms with E-state index in [1.807, 2.05) is 0 Å². The summed E-state index contributed by atoms with van der Waals surface area (Å²) in [5.41, 5.74) is 1.08. The van der Waals surface area contributed by atoms with E-state index in [1.165, 1.54) is 6.20 Å². The zero-order chi connectivity index (χ0) is 12.3. The fourth-order valence-electron chi connectivity index (χ4n) is 1.38. The normalized spacial score (nSPS) is 10.2. The number of aromatic nitrogens is 3. The molecule has 0 aliphatic rings. The predicted octanol–water partition coefficient (Wildman–Crippen LogP) is 0.884. The van der Waals surface area contributed by atoms with Gasteiger partial charge in [0, 0.05) is 31.5 Å². The molecule has 0 aromatic carbocycles. The third-order valence-corrected chi connectivity index (χ3v) is 2.18. The molecule has 0 aliphatic heterocycles. The Labute approximate surface area is 97.3 Å². The van der Waals surface area contributed by atoms with Crippen LogP contribution in [0.15, 0.2) is 30.9 Å². The highest BCUT2D eigenvalue weighted by Crippen LogP contribution is 2.02. The minimum absolute atomic E-state index is 0.203. The molecule has 2 aromatic rings. The SMILES string of the molecule is Cn1cc(CNC(=O)c2cncc(F)c2)cn1. The van der Waals surface area contributed by atoms with E-state index in [0.29, 0.717) is 6.54 Å². The van der Waals surface area contributed by atoms with Crippen LogP contribution in [0, 0.1) is 5.82 Å². The van der Waals surface area contributed by atoms with Crippen LogP contribution >= 0.6 is 0 Å². The first-order chi connectivity index (χ1) is 8.15. The highest BCUT2D eigenvalue weighted by atomic mass is 19.1. The average Bonchev–Trinajstić information content (AvgIpc) is 2.72. The summed E-state index contributed by atoms with van der Waals surface area (Å²) < 4.78 is 14.5. The second-order valence-corrected chi connectivity index (χ2v) is 3.60. The Kier molecular flexibility index (Phi) is 3.13. The first kappa shape index (κ1) is 11.3. The van der Waals surface area contributed by atoms with Crippen molar-refractivity contribution < 1.29 is 9.18 Å². The topological polar surface area (TPSA) is 59.8 Å². The zero-order valence-corrected chi connectivity index (χ0v) is 9.22. The van der Waals surface area contributed by atoms with Gasteiger partial charge in [0.2, 0.25) is 0 Å². The van der Waals surface area contributed by atoms with Gasteiger partial charge in [-0.3, -0.25) is 14.5 Å². The average molecular weight is 234 g/mol. The summed E-state index contributed by atoms with van der Waals surface area (Å²) >= 11 is 0. The van der Waals surface area contributed by atoms with Gasteiger partial charge in [0.05, 0.1) is 18.0 Å². The fourth-order valence-corrected chi connectivity index (χ4v) is 1.38. The molecular weight excluding hydrogens is 223 g/mol. The number of rotatable bonds is 3. The predicted molar refractivity (Wildman–Crippen MR) is 58.6 cm³/mol. The van der Waals surface area contributed by atoms with Gasteiger partial charge >= 0.3 is 0 Å². The molecular formula is C11H11FN4O. The van der Waals surface area contributed by atoms with Crippen molar-refractivity contribution in [2.24, 2.45) is 7.05 Å². The van der Waals surface area contributed by atoms with E-state index in [2.05, 4.69) is 15.4 Å². The van der Waals surface area contributed by atoms with Gasteiger partial charge in [0.1, 0.15) is 5.82 Å². The largest absolute Gasteiger partial charge is 0.348 e. The Morgan fingerprint density at radius 1 is 1.47 bits per heavy atom. The zero-order valence-electron chi connectivity index (χ0n) is 9.22. The maximum Gasteiger partial charge on any atom is 0.253 e. The van der Waals surface area contributed by atoms with E-state index in [1.54, 1.807) is 24.1 Å². The van der Waals surface area contributed by atoms with Gasteiger partial charge in [-0.1, -0.05) is 0 Å². The third kappa shape index (κ3) is 2.87. The molecule has 0 saturated carbocycles. The van der Waals surface area contributed by atoms with Crippen molar-refractivity contribution in [2.75, 3.05) is 0 Å². The van der Waals surface area contributed by atoms with Crippen molar-refractivity contribution >= 4 is 5.91 Å². The molecule has 1 N–H and O–H groups in total. The Morgan fingerprint density at radius 2 is 2.29 bits per heavy atom. The minimum Gasteiger partial charge on any atom is -0.348 e. The number of nitrogens with zero attached hydrogens (tertiary/aromatic N) is 3. The maximum absolute atomic E-state index is 12.8. The van der Waals surface area contributed by atoms with Gasteiger partial charge in [-0.25, -0.2) is 4.39 Å². The van der Waals surface area contributed by atoms with Crippen LogP contribution in [0.3, 0.4) is 0 Å². The number of aryl methyl sites for hydroxylation is 1. The number of pyridine rings is 1. The van der Waals surface area contributed by atoms with E-state index in [-0.39, 0.29) is 11.5 Å². The Morgan fingerprint density at radius 3 is 2.94 bits per heavy atom. The lowest BCUT2D eigenvalue weighted by Gasteiger charge is -2.02. The van der Waals surface area contributed by atoms with Crippen molar-refractivity contribution in [3.63, 3.8) is 0 Å². The quantitative estimate of drug-likeness (QED) is 0.857. The van der Waals surface area contributed by atoms with Gasteiger partial charge in [0.15, 0.2) is 0 Å². The van der Waals surface area contributed by atoms with E-state index in [9.17, 15) is 9.18 Å². The van der Waals surface area contributed by atoms with Gasteiger partial charge in [-0.2, -0.15) is 5.10 Å². The van der Waals surface area contributed by atoms with Crippen LogP contribution in [-0.4, -0.2) is 20.7 Å². The molecule has 0 radical (unpaired) electrons. The molecule has 2 rings (SSSR count). The summed E-state index contributed by atoms with van der Waals surface area (Å²) in [4.78, 5) is 15.2. The second kappa shape index (κ2) is 4.73. The van der Waals surface area contributed by atoms with E-state index in [0.717, 1.165) is 17.8 Å². The summed E-state index contributed by atoms with van der Waals surface area (Å²) in [5.74, 6) is -0.889. The molecule has 5 nitrogen and oxygen atoms in total. The van der Waals surface area contributed by atoms with E-state index >= 15 is 0 Å². The van der Waals surface area contributed by atoms with Crippen molar-refractivity contribution in [3.8, 4) is 0 Å². The molecule has 0 spiro atoms. The van der Waals surface area contributed by atoms with Crippen LogP contribution < -0.4 is 5.32 Å². The standard InChI is InChI=1S/C11H11FN4O/c1-16-7-8(4-15-16)3-14-11(17)9-2-10(12)6-13-5-9/h2,4-7H,3H2,1H3,(H,14,17). The monoisotopic (exact) mass is 234 g/mol. The minimum atomic E-state index is -0.529. The molecule has 0 fully saturated rings. The number of hydrogen-bond acceptors (Lipinski definition) is 3. The molecule has 0 aliphatic carbocycles. The van der Waals surface area contributed by atoms with Crippen LogP contribution in [0.4, 0.5) is 4.39 Å². The highest BCUT2D eigenvalue weighted by molar-refractivity contribution is 5.93. The highest BCUT2D eigenvalue weighted by Gasteiger charge is 2.07. The molecule has 6 heteroatoms. The Balaban J connectivity index is 1.98. The van der Waals surface area contributed by atoms with Gasteiger partial charge in [-0.15, -0.1) is 0 Å². The maximum atomic E-state index is 12.8. The molecule has 0 bridgehead atoms. The smallest absolute Gasteiger partial charge is 0.253 e. The van der Waals surface area contributed by atoms with Crippen molar-refractivity contribution in [2.45, 2.75) is 6.54 Å². The summed E-state index contributed by atoms with van der Waals surface area (Å²) in [6, 6.07) is 1.14. The summed E-state index contributed by atoms with van der Waals surface area (Å²) in [6.45, 7) is 0.350. The molecule has 0 unspecified atom stereocenters. The van der Waals surface area contributed by atoms with Gasteiger partial charge < -0.3 is 5.32 Å². The van der Waals surface area contributed by atoms with Crippen LogP contribution in [-0.2, 0) is 13.6 Å². The lowest BCUT2D eigenvalue weighted by atomic mass is 10.2. The first-order valence-electron chi connectivity index (χ1n) is 5.01. The van der Waals surface area contributed by atoms with E-state index < -0.39 is 5.82 Å². The molecule has 2 aromatic heterocycles. The summed E-state index contributed by atoms with van der Waals surface area (Å²) in [5, 5.41) is 6.63. The number of hydrogen-bond donors (Lipinski definition) is 1. The van der Waals surface area contributed by atoms with Gasteiger partial charge in [0.25, 0.3) is 5.91 Å². The van der Waals surface area contributed by atoms with Gasteiger partial charge in [-0.05, 0) is 6.07 Å². The molecule has 2 heterocycles. The number of carbonyl (C=O) groups is 1. The fraction of sp³-hybridized carbons (Fsp3) is 0.182. The van der Waals surface area contributed by atoms with Crippen molar-refractivity contribution in [1.82, 2.24) is 20.1 Å². The molecule has 0 saturated heterocycles. The van der Waals surface area contributed by atoms with Crippen LogP contribution in [0.2, 0.25) is 0 Å². The Hall–Kier alpha value is -2.24. The number of amides is 1. The molecule has 88 valence electrons. The van der Waals surface area contributed by atoms with Crippen LogP contribution in [0.25, 0.3) is 0 Å². The molecule has 0 atom stereocenters. The number of carbonyl (C=O) groups excluding carboxylic acids is 1. The number of nitrogens with one attached hydrogen (secondary N) is 1. The third-order valence-electron chi connectivity index (χ3n) is 2.18. The summed E-state index contributed by atoms with van der Waals surface area (Å²) in [7, 11) is 1.79. The second-order valence-electron chi connectivity index (χ2n) is 3.60. The van der Waals surface area contributed by atoms with Crippen molar-refractivity contribution in [3.05, 3.63) is 47.8 Å². The van der Waals surface area contributed by atoms with Crippen LogP contribution in [0.5, 0.6) is 0 Å². The van der Waals surface area contributed by atoms with E-state index in [4.69, 9.17) is 0 Å². The molecule has 17 heavy (non-hydrogen) atoms. The first-order valence-corrected chi connectivity index (χ1v) is 5.01. The Bertz CT molecular complexity index is 538. The number of halogens is 1. The van der Waals surface area contributed by atoms with Crippen LogP contribution in [0.1, 0.15) is 15.9 Å². The lowest BCUT2D eigenvalue weighted by Crippen LogP contribution is -2.22.